The minimum atomic E-state index is -0.131. The molecule has 0 spiro atoms. The van der Waals surface area contributed by atoms with Crippen molar-refractivity contribution in [3.05, 3.63) is 24.3 Å². The number of rotatable bonds is 4. The van der Waals surface area contributed by atoms with Gasteiger partial charge in [-0.15, -0.1) is 0 Å². The molecule has 0 aromatic heterocycles. The molecular weight excluding hydrogens is 280 g/mol. The van der Waals surface area contributed by atoms with Crippen molar-refractivity contribution in [2.24, 2.45) is 5.41 Å². The maximum atomic E-state index is 12.2. The molecule has 2 rings (SSSR count). The van der Waals surface area contributed by atoms with Crippen molar-refractivity contribution in [1.82, 2.24) is 5.32 Å². The van der Waals surface area contributed by atoms with Crippen LogP contribution in [0.5, 0.6) is 5.75 Å². The highest BCUT2D eigenvalue weighted by molar-refractivity contribution is 5.97. The second-order valence-corrected chi connectivity index (χ2v) is 6.91. The molecule has 2 amide bonds. The second-order valence-electron chi connectivity index (χ2n) is 6.91. The smallest absolute Gasteiger partial charge is 0.229 e. The van der Waals surface area contributed by atoms with Gasteiger partial charge < -0.3 is 15.0 Å². The zero-order valence-electron chi connectivity index (χ0n) is 13.7. The molecule has 120 valence electrons. The van der Waals surface area contributed by atoms with E-state index in [0.717, 1.165) is 5.69 Å². The van der Waals surface area contributed by atoms with Crippen molar-refractivity contribution in [3.63, 3.8) is 0 Å². The summed E-state index contributed by atoms with van der Waals surface area (Å²) in [6, 6.07) is 7.27. The fraction of sp³-hybridized carbons (Fsp3) is 0.529. The van der Waals surface area contributed by atoms with Crippen LogP contribution in [-0.2, 0) is 9.59 Å². The Morgan fingerprint density at radius 1 is 1.41 bits per heavy atom. The van der Waals surface area contributed by atoms with Crippen molar-refractivity contribution in [2.75, 3.05) is 18.6 Å². The standard InChI is InChI=1S/C17H24N2O3/c1-17(2,3)10-15(20)18-12-8-16(21)19(11-12)13-6-5-7-14(9-13)22-4/h5-7,9,12H,8,10-11H2,1-4H3,(H,18,20)/t12-/m1/s1. The molecule has 22 heavy (non-hydrogen) atoms. The average molecular weight is 304 g/mol. The molecule has 1 heterocycles. The molecule has 0 radical (unpaired) electrons. The number of nitrogens with zero attached hydrogens (tertiary/aromatic N) is 1. The summed E-state index contributed by atoms with van der Waals surface area (Å²) in [5, 5.41) is 2.96. The van der Waals surface area contributed by atoms with E-state index in [-0.39, 0.29) is 23.3 Å². The Balaban J connectivity index is 2.00. The summed E-state index contributed by atoms with van der Waals surface area (Å²) in [6.45, 7) is 6.57. The molecule has 0 saturated carbocycles. The number of methoxy groups -OCH3 is 1. The van der Waals surface area contributed by atoms with Gasteiger partial charge in [-0.3, -0.25) is 9.59 Å². The van der Waals surface area contributed by atoms with Gasteiger partial charge >= 0.3 is 0 Å². The summed E-state index contributed by atoms with van der Waals surface area (Å²) in [4.78, 5) is 25.9. The number of hydrogen-bond donors (Lipinski definition) is 1. The second kappa shape index (κ2) is 6.38. The van der Waals surface area contributed by atoms with Crippen LogP contribution < -0.4 is 15.0 Å². The molecule has 0 bridgehead atoms. The number of amides is 2. The fourth-order valence-electron chi connectivity index (χ4n) is 2.59. The third-order valence-electron chi connectivity index (χ3n) is 3.55. The van der Waals surface area contributed by atoms with Gasteiger partial charge in [0.15, 0.2) is 0 Å². The summed E-state index contributed by atoms with van der Waals surface area (Å²) >= 11 is 0. The van der Waals surface area contributed by atoms with Gasteiger partial charge in [-0.2, -0.15) is 0 Å². The van der Waals surface area contributed by atoms with Crippen LogP contribution in [0.15, 0.2) is 24.3 Å². The van der Waals surface area contributed by atoms with Gasteiger partial charge in [-0.1, -0.05) is 26.8 Å². The molecule has 5 heteroatoms. The van der Waals surface area contributed by atoms with E-state index in [9.17, 15) is 9.59 Å². The minimum Gasteiger partial charge on any atom is -0.497 e. The van der Waals surface area contributed by atoms with Crippen LogP contribution in [0.3, 0.4) is 0 Å². The van der Waals surface area contributed by atoms with Crippen molar-refractivity contribution in [2.45, 2.75) is 39.7 Å². The van der Waals surface area contributed by atoms with Crippen molar-refractivity contribution < 1.29 is 14.3 Å². The first kappa shape index (κ1) is 16.3. The third kappa shape index (κ3) is 4.23. The highest BCUT2D eigenvalue weighted by Gasteiger charge is 2.32. The van der Waals surface area contributed by atoms with Gasteiger partial charge in [0.2, 0.25) is 11.8 Å². The Hall–Kier alpha value is -2.04. The summed E-state index contributed by atoms with van der Waals surface area (Å²) in [5.41, 5.74) is 0.746. The van der Waals surface area contributed by atoms with Crippen molar-refractivity contribution in [1.29, 1.82) is 0 Å². The molecule has 1 aromatic rings. The number of carbonyl (C=O) groups excluding carboxylic acids is 2. The first-order chi connectivity index (χ1) is 10.3. The Morgan fingerprint density at radius 2 is 2.14 bits per heavy atom. The quantitative estimate of drug-likeness (QED) is 0.929. The van der Waals surface area contributed by atoms with E-state index in [1.54, 1.807) is 12.0 Å². The van der Waals surface area contributed by atoms with Gasteiger partial charge in [0, 0.05) is 31.1 Å². The van der Waals surface area contributed by atoms with E-state index in [1.807, 2.05) is 45.0 Å². The SMILES string of the molecule is COc1cccc(N2C[C@H](NC(=O)CC(C)(C)C)CC2=O)c1. The summed E-state index contributed by atoms with van der Waals surface area (Å²) in [5.74, 6) is 0.734. The summed E-state index contributed by atoms with van der Waals surface area (Å²) < 4.78 is 5.19. The molecule has 1 N–H and O–H groups in total. The molecular formula is C17H24N2O3. The summed E-state index contributed by atoms with van der Waals surface area (Å²) in [6.07, 6.45) is 0.796. The van der Waals surface area contributed by atoms with Crippen LogP contribution in [0.25, 0.3) is 0 Å². The number of hydrogen-bond acceptors (Lipinski definition) is 3. The topological polar surface area (TPSA) is 58.6 Å². The number of benzene rings is 1. The molecule has 1 aliphatic heterocycles. The van der Waals surface area contributed by atoms with E-state index in [4.69, 9.17) is 4.74 Å². The van der Waals surface area contributed by atoms with Crippen LogP contribution >= 0.6 is 0 Å². The lowest BCUT2D eigenvalue weighted by molar-refractivity contribution is -0.123. The van der Waals surface area contributed by atoms with E-state index in [2.05, 4.69) is 5.32 Å². The molecule has 1 atom stereocenters. The van der Waals surface area contributed by atoms with Crippen LogP contribution in [0.1, 0.15) is 33.6 Å². The van der Waals surface area contributed by atoms with Gasteiger partial charge in [-0.25, -0.2) is 0 Å². The van der Waals surface area contributed by atoms with Crippen molar-refractivity contribution in [3.8, 4) is 5.75 Å². The molecule has 1 aromatic carbocycles. The predicted octanol–water partition coefficient (Wildman–Crippen LogP) is 2.35. The Bertz CT molecular complexity index is 563. The van der Waals surface area contributed by atoms with Crippen LogP contribution in [0.4, 0.5) is 5.69 Å². The normalized spacial score (nSPS) is 18.5. The molecule has 1 aliphatic rings. The lowest BCUT2D eigenvalue weighted by atomic mass is 9.92. The highest BCUT2D eigenvalue weighted by Crippen LogP contribution is 2.26. The first-order valence-corrected chi connectivity index (χ1v) is 7.52. The summed E-state index contributed by atoms with van der Waals surface area (Å²) in [7, 11) is 1.60. The highest BCUT2D eigenvalue weighted by atomic mass is 16.5. The van der Waals surface area contributed by atoms with Crippen LogP contribution in [0.2, 0.25) is 0 Å². The van der Waals surface area contributed by atoms with E-state index in [1.165, 1.54) is 0 Å². The van der Waals surface area contributed by atoms with E-state index in [0.29, 0.717) is 25.1 Å². The molecule has 1 saturated heterocycles. The first-order valence-electron chi connectivity index (χ1n) is 7.52. The minimum absolute atomic E-state index is 0.00204. The maximum Gasteiger partial charge on any atom is 0.229 e. The molecule has 1 fully saturated rings. The van der Waals surface area contributed by atoms with Gasteiger partial charge in [0.05, 0.1) is 13.2 Å². The third-order valence-corrected chi connectivity index (χ3v) is 3.55. The van der Waals surface area contributed by atoms with E-state index >= 15 is 0 Å². The maximum absolute atomic E-state index is 12.2. The molecule has 0 unspecified atom stereocenters. The largest absolute Gasteiger partial charge is 0.497 e. The Kier molecular flexibility index (Phi) is 4.74. The number of nitrogens with one attached hydrogen (secondary N) is 1. The fourth-order valence-corrected chi connectivity index (χ4v) is 2.59. The average Bonchev–Trinajstić information content (AvgIpc) is 2.77. The van der Waals surface area contributed by atoms with Gasteiger partial charge in [0.25, 0.3) is 0 Å². The van der Waals surface area contributed by atoms with E-state index < -0.39 is 0 Å². The Morgan fingerprint density at radius 3 is 2.77 bits per heavy atom. The zero-order chi connectivity index (χ0) is 16.3. The molecule has 5 nitrogen and oxygen atoms in total. The lowest BCUT2D eigenvalue weighted by Gasteiger charge is -2.20. The zero-order valence-corrected chi connectivity index (χ0v) is 13.7. The predicted molar refractivity (Wildman–Crippen MR) is 86.0 cm³/mol. The molecule has 0 aliphatic carbocycles. The monoisotopic (exact) mass is 304 g/mol. The van der Waals surface area contributed by atoms with Crippen LogP contribution in [-0.4, -0.2) is 31.5 Å². The number of carbonyl (C=O) groups is 2. The van der Waals surface area contributed by atoms with Crippen LogP contribution in [0, 0.1) is 5.41 Å². The number of anilines is 1. The number of ether oxygens (including phenoxy) is 1. The van der Waals surface area contributed by atoms with Gasteiger partial charge in [-0.05, 0) is 17.5 Å². The van der Waals surface area contributed by atoms with Crippen molar-refractivity contribution >= 4 is 17.5 Å². The Labute approximate surface area is 131 Å². The lowest BCUT2D eigenvalue weighted by Crippen LogP contribution is -2.38. The van der Waals surface area contributed by atoms with Gasteiger partial charge in [0.1, 0.15) is 5.75 Å².